The number of rotatable bonds is 6. The molecule has 4 aliphatic carbocycles. The highest BCUT2D eigenvalue weighted by Gasteiger charge is 2.58. The van der Waals surface area contributed by atoms with Gasteiger partial charge in [-0.15, -0.1) is 0 Å². The topological polar surface area (TPSA) is 372 Å². The first kappa shape index (κ1) is 36.0. The van der Waals surface area contributed by atoms with Crippen LogP contribution in [-0.4, -0.2) is 227 Å². The summed E-state index contributed by atoms with van der Waals surface area (Å²) in [5.74, 6) is 0. The fourth-order valence-corrected chi connectivity index (χ4v) is 6.24. The van der Waals surface area contributed by atoms with Gasteiger partial charge in [-0.3, -0.25) is 0 Å². The van der Waals surface area contributed by atoms with Gasteiger partial charge in [0.2, 0.25) is 0 Å². The van der Waals surface area contributed by atoms with Gasteiger partial charge >= 0.3 is 0 Å². The van der Waals surface area contributed by atoms with Crippen molar-refractivity contribution in [3.8, 4) is 0 Å². The SMILES string of the molecule is OC1[C@@H](O)[C@H](O)C(OC2[C@@H](O)[C@H](O)C(OC3[C@@H](O)[C@H](O)C(OC4[C@@H](O)[C@H](O)C[C@H](O)[C@H]4O)[C@H](O)[C@H]3O)[C@H](O)[C@H]2O)[C@H](O)[C@H]1O. The second-order valence-electron chi connectivity index (χ2n) is 11.9. The highest BCUT2D eigenvalue weighted by molar-refractivity contribution is 5.07. The summed E-state index contributed by atoms with van der Waals surface area (Å²) in [7, 11) is 0. The Bertz CT molecular complexity index is 885. The van der Waals surface area contributed by atoms with Crippen LogP contribution in [0.2, 0.25) is 0 Å². The molecule has 4 saturated carbocycles. The standard InChI is InChI=1S/C24H42O20/c25-2-1-3(26)5(28)19(4(2)27)42-21-11(34)13(36)23(14(37)12(21)35)44-24-17(40)15(38)22(16(39)18(24)41)43-20-9(32)7(30)6(29)8(31)10(20)33/h2-41H,1H2/t2-,3+,4+,5-,6?,7-,8+,9+,10-,11-,12+,13-,14+,15-,16+,17-,18+,19?,20?,21?,22?,23?,24?. The van der Waals surface area contributed by atoms with Crippen LogP contribution in [0.5, 0.6) is 0 Å². The van der Waals surface area contributed by atoms with E-state index in [9.17, 15) is 86.8 Å². The Morgan fingerprint density at radius 2 is 0.386 bits per heavy atom. The Morgan fingerprint density at radius 1 is 0.227 bits per heavy atom. The average molecular weight is 651 g/mol. The van der Waals surface area contributed by atoms with E-state index in [0.29, 0.717) is 0 Å². The van der Waals surface area contributed by atoms with Crippen LogP contribution in [-0.2, 0) is 14.2 Å². The van der Waals surface area contributed by atoms with E-state index in [1.54, 1.807) is 0 Å². The zero-order valence-electron chi connectivity index (χ0n) is 22.8. The van der Waals surface area contributed by atoms with E-state index in [0.717, 1.165) is 0 Å². The number of hydrogen-bond donors (Lipinski definition) is 17. The van der Waals surface area contributed by atoms with E-state index >= 15 is 0 Å². The monoisotopic (exact) mass is 650 g/mol. The molecule has 0 aromatic rings. The maximum absolute atomic E-state index is 10.7. The van der Waals surface area contributed by atoms with E-state index in [-0.39, 0.29) is 0 Å². The van der Waals surface area contributed by atoms with Crippen LogP contribution in [0.1, 0.15) is 6.42 Å². The number of ether oxygens (including phenoxy) is 3. The van der Waals surface area contributed by atoms with Gasteiger partial charge in [-0.2, -0.15) is 0 Å². The van der Waals surface area contributed by atoms with E-state index in [1.807, 2.05) is 0 Å². The molecule has 0 bridgehead atoms. The lowest BCUT2D eigenvalue weighted by Crippen LogP contribution is -2.72. The molecular weight excluding hydrogens is 608 g/mol. The number of aliphatic hydroxyl groups is 17. The Labute approximate surface area is 248 Å². The van der Waals surface area contributed by atoms with Gasteiger partial charge in [0.15, 0.2) is 0 Å². The molecule has 44 heavy (non-hydrogen) atoms. The van der Waals surface area contributed by atoms with Gasteiger partial charge in [0.05, 0.1) is 12.2 Å². The van der Waals surface area contributed by atoms with Crippen LogP contribution >= 0.6 is 0 Å². The molecule has 7 unspecified atom stereocenters. The second-order valence-corrected chi connectivity index (χ2v) is 11.9. The lowest BCUT2D eigenvalue weighted by Gasteiger charge is -2.50. The van der Waals surface area contributed by atoms with Crippen LogP contribution < -0.4 is 0 Å². The molecule has 20 heteroatoms. The molecule has 4 rings (SSSR count). The van der Waals surface area contributed by atoms with Crippen LogP contribution in [0.4, 0.5) is 0 Å². The van der Waals surface area contributed by atoms with Crippen molar-refractivity contribution in [2.24, 2.45) is 0 Å². The van der Waals surface area contributed by atoms with Crippen molar-refractivity contribution in [3.63, 3.8) is 0 Å². The molecule has 23 atom stereocenters. The van der Waals surface area contributed by atoms with Crippen LogP contribution in [0.15, 0.2) is 0 Å². The Balaban J connectivity index is 1.46. The number of aliphatic hydroxyl groups excluding tert-OH is 17. The van der Waals surface area contributed by atoms with Crippen LogP contribution in [0.3, 0.4) is 0 Å². The van der Waals surface area contributed by atoms with Crippen molar-refractivity contribution >= 4 is 0 Å². The van der Waals surface area contributed by atoms with Gasteiger partial charge in [-0.05, 0) is 0 Å². The molecule has 0 aromatic heterocycles. The van der Waals surface area contributed by atoms with E-state index < -0.39 is 147 Å². The van der Waals surface area contributed by atoms with Gasteiger partial charge < -0.3 is 101 Å². The van der Waals surface area contributed by atoms with Crippen molar-refractivity contribution < 1.29 is 101 Å². The lowest BCUT2D eigenvalue weighted by atomic mass is 9.81. The molecule has 258 valence electrons. The van der Waals surface area contributed by atoms with Crippen molar-refractivity contribution in [2.75, 3.05) is 0 Å². The molecule has 4 aliphatic rings. The summed E-state index contributed by atoms with van der Waals surface area (Å²) >= 11 is 0. The lowest BCUT2D eigenvalue weighted by molar-refractivity contribution is -0.318. The molecule has 0 heterocycles. The Hall–Kier alpha value is -0.800. The summed E-state index contributed by atoms with van der Waals surface area (Å²) in [4.78, 5) is 0. The van der Waals surface area contributed by atoms with Gasteiger partial charge in [-0.1, -0.05) is 0 Å². The molecule has 0 saturated heterocycles. The molecule has 17 N–H and O–H groups in total. The molecular formula is C24H42O20. The molecule has 0 aromatic carbocycles. The molecule has 20 nitrogen and oxygen atoms in total. The van der Waals surface area contributed by atoms with Crippen molar-refractivity contribution in [1.82, 2.24) is 0 Å². The quantitative estimate of drug-likeness (QED) is 0.127. The average Bonchev–Trinajstić information content (AvgIpc) is 2.99. The fourth-order valence-electron chi connectivity index (χ4n) is 6.24. The Kier molecular flexibility index (Phi) is 11.3. The Morgan fingerprint density at radius 3 is 0.614 bits per heavy atom. The van der Waals surface area contributed by atoms with Gasteiger partial charge in [-0.25, -0.2) is 0 Å². The summed E-state index contributed by atoms with van der Waals surface area (Å²) in [6, 6.07) is 0. The molecule has 4 fully saturated rings. The normalized spacial score (nSPS) is 59.0. The summed E-state index contributed by atoms with van der Waals surface area (Å²) in [6.07, 6.45) is -46.9. The second kappa shape index (κ2) is 13.7. The highest BCUT2D eigenvalue weighted by atomic mass is 16.6. The van der Waals surface area contributed by atoms with Crippen molar-refractivity contribution in [2.45, 2.75) is 147 Å². The zero-order chi connectivity index (χ0) is 33.1. The van der Waals surface area contributed by atoms with Crippen molar-refractivity contribution in [3.05, 3.63) is 0 Å². The minimum absolute atomic E-state index is 0.427. The van der Waals surface area contributed by atoms with Crippen molar-refractivity contribution in [1.29, 1.82) is 0 Å². The largest absolute Gasteiger partial charge is 0.390 e. The van der Waals surface area contributed by atoms with Gasteiger partial charge in [0, 0.05) is 6.42 Å². The predicted octanol–water partition coefficient (Wildman–Crippen LogP) is -11.2. The molecule has 0 amide bonds. The summed E-state index contributed by atoms with van der Waals surface area (Å²) < 4.78 is 16.0. The minimum atomic E-state index is -2.23. The molecule has 0 spiro atoms. The maximum Gasteiger partial charge on any atom is 0.115 e. The third-order valence-corrected chi connectivity index (χ3v) is 9.05. The van der Waals surface area contributed by atoms with Crippen LogP contribution in [0.25, 0.3) is 0 Å². The zero-order valence-corrected chi connectivity index (χ0v) is 22.8. The summed E-state index contributed by atoms with van der Waals surface area (Å²) in [6.45, 7) is 0. The third-order valence-electron chi connectivity index (χ3n) is 9.05. The summed E-state index contributed by atoms with van der Waals surface area (Å²) in [5, 5.41) is 176. The molecule has 0 radical (unpaired) electrons. The summed E-state index contributed by atoms with van der Waals surface area (Å²) in [5.41, 5.74) is 0. The third kappa shape index (κ3) is 6.25. The van der Waals surface area contributed by atoms with Gasteiger partial charge in [0.25, 0.3) is 0 Å². The smallest absolute Gasteiger partial charge is 0.115 e. The van der Waals surface area contributed by atoms with E-state index in [4.69, 9.17) is 14.2 Å². The minimum Gasteiger partial charge on any atom is -0.390 e. The first-order valence-corrected chi connectivity index (χ1v) is 14.0. The first-order valence-electron chi connectivity index (χ1n) is 14.0. The van der Waals surface area contributed by atoms with Gasteiger partial charge in [0.1, 0.15) is 128 Å². The van der Waals surface area contributed by atoms with E-state index in [1.165, 1.54) is 0 Å². The predicted molar refractivity (Wildman–Crippen MR) is 133 cm³/mol. The number of hydrogen-bond acceptors (Lipinski definition) is 20. The fraction of sp³-hybridized carbons (Fsp3) is 1.00. The highest BCUT2D eigenvalue weighted by Crippen LogP contribution is 2.35. The van der Waals surface area contributed by atoms with E-state index in [2.05, 4.69) is 0 Å². The maximum atomic E-state index is 10.7. The van der Waals surface area contributed by atoms with Crippen LogP contribution in [0, 0.1) is 0 Å². The first-order chi connectivity index (χ1) is 20.4. The molecule has 0 aliphatic heterocycles.